The van der Waals surface area contributed by atoms with Gasteiger partial charge >= 0.3 is 0 Å². The molecular formula is C9H13NO2S. The van der Waals surface area contributed by atoms with Crippen molar-refractivity contribution in [1.82, 2.24) is 4.98 Å². The molecule has 0 saturated carbocycles. The van der Waals surface area contributed by atoms with Gasteiger partial charge in [-0.1, -0.05) is 0 Å². The van der Waals surface area contributed by atoms with Gasteiger partial charge in [-0.15, -0.1) is 11.3 Å². The molecule has 72 valence electrons. The number of thiazole rings is 1. The lowest BCUT2D eigenvalue weighted by atomic mass is 10.3. The molecule has 0 bridgehead atoms. The second-order valence-corrected chi connectivity index (χ2v) is 4.10. The van der Waals surface area contributed by atoms with Crippen LogP contribution in [0.3, 0.4) is 0 Å². The molecule has 1 aromatic rings. The molecule has 0 aliphatic rings. The first-order valence-corrected chi connectivity index (χ1v) is 5.04. The molecule has 1 rings (SSSR count). The first-order chi connectivity index (χ1) is 6.09. The van der Waals surface area contributed by atoms with Crippen LogP contribution >= 0.6 is 11.3 Å². The van der Waals surface area contributed by atoms with Gasteiger partial charge in [0.1, 0.15) is 12.3 Å². The Bertz CT molecular complexity index is 294. The van der Waals surface area contributed by atoms with Crippen molar-refractivity contribution in [2.24, 2.45) is 0 Å². The Morgan fingerprint density at radius 1 is 1.69 bits per heavy atom. The highest BCUT2D eigenvalue weighted by molar-refractivity contribution is 7.09. The maximum Gasteiger partial charge on any atom is 0.207 e. The average molecular weight is 199 g/mol. The average Bonchev–Trinajstić information content (AvgIpc) is 2.47. The number of nitrogens with zero attached hydrogens (tertiary/aromatic N) is 1. The van der Waals surface area contributed by atoms with Gasteiger partial charge in [0, 0.05) is 5.38 Å². The van der Waals surface area contributed by atoms with E-state index in [1.807, 2.05) is 20.8 Å². The van der Waals surface area contributed by atoms with Crippen molar-refractivity contribution < 1.29 is 9.53 Å². The third-order valence-corrected chi connectivity index (χ3v) is 2.23. The van der Waals surface area contributed by atoms with E-state index in [-0.39, 0.29) is 18.5 Å². The number of rotatable bonds is 4. The van der Waals surface area contributed by atoms with E-state index in [1.165, 1.54) is 11.3 Å². The second-order valence-electron chi connectivity index (χ2n) is 3.03. The summed E-state index contributed by atoms with van der Waals surface area (Å²) in [5.41, 5.74) is 0.517. The SMILES string of the molecule is Cc1nc(C(=O)COC(C)C)cs1. The largest absolute Gasteiger partial charge is 0.371 e. The molecule has 0 aromatic carbocycles. The van der Waals surface area contributed by atoms with Crippen LogP contribution in [0.2, 0.25) is 0 Å². The van der Waals surface area contributed by atoms with Crippen LogP contribution in [0, 0.1) is 6.92 Å². The smallest absolute Gasteiger partial charge is 0.207 e. The van der Waals surface area contributed by atoms with E-state index < -0.39 is 0 Å². The van der Waals surface area contributed by atoms with Crippen molar-refractivity contribution in [2.75, 3.05) is 6.61 Å². The summed E-state index contributed by atoms with van der Waals surface area (Å²) in [6.07, 6.45) is 0.0867. The summed E-state index contributed by atoms with van der Waals surface area (Å²) in [6, 6.07) is 0. The molecular weight excluding hydrogens is 186 g/mol. The van der Waals surface area contributed by atoms with Crippen LogP contribution in [0.15, 0.2) is 5.38 Å². The summed E-state index contributed by atoms with van der Waals surface area (Å²) >= 11 is 1.48. The highest BCUT2D eigenvalue weighted by Crippen LogP contribution is 2.08. The molecule has 0 atom stereocenters. The van der Waals surface area contributed by atoms with Gasteiger partial charge in [-0.25, -0.2) is 4.98 Å². The molecule has 0 saturated heterocycles. The lowest BCUT2D eigenvalue weighted by molar-refractivity contribution is 0.0581. The number of hydrogen-bond acceptors (Lipinski definition) is 4. The van der Waals surface area contributed by atoms with Gasteiger partial charge in [-0.05, 0) is 20.8 Å². The summed E-state index contributed by atoms with van der Waals surface area (Å²) in [5.74, 6) is -0.0435. The molecule has 3 nitrogen and oxygen atoms in total. The number of Topliss-reactive ketones (excluding diaryl/α,β-unsaturated/α-hetero) is 1. The predicted molar refractivity (Wildman–Crippen MR) is 52.3 cm³/mol. The fourth-order valence-electron chi connectivity index (χ4n) is 0.808. The highest BCUT2D eigenvalue weighted by atomic mass is 32.1. The number of ketones is 1. The summed E-state index contributed by atoms with van der Waals surface area (Å²) in [4.78, 5) is 15.5. The Hall–Kier alpha value is -0.740. The van der Waals surface area contributed by atoms with E-state index in [0.29, 0.717) is 5.69 Å². The molecule has 0 amide bonds. The minimum absolute atomic E-state index is 0.0435. The summed E-state index contributed by atoms with van der Waals surface area (Å²) in [5, 5.41) is 2.68. The highest BCUT2D eigenvalue weighted by Gasteiger charge is 2.09. The van der Waals surface area contributed by atoms with Crippen LogP contribution in [0.4, 0.5) is 0 Å². The Labute approximate surface area is 81.8 Å². The molecule has 1 aromatic heterocycles. The predicted octanol–water partition coefficient (Wildman–Crippen LogP) is 2.06. The van der Waals surface area contributed by atoms with Crippen LogP contribution < -0.4 is 0 Å². The minimum Gasteiger partial charge on any atom is -0.371 e. The fraction of sp³-hybridized carbons (Fsp3) is 0.556. The van der Waals surface area contributed by atoms with Crippen LogP contribution in [0.5, 0.6) is 0 Å². The molecule has 1 heterocycles. The van der Waals surface area contributed by atoms with Crippen LogP contribution in [0.25, 0.3) is 0 Å². The number of carbonyl (C=O) groups is 1. The van der Waals surface area contributed by atoms with Crippen molar-refractivity contribution in [1.29, 1.82) is 0 Å². The van der Waals surface area contributed by atoms with Crippen molar-refractivity contribution in [3.63, 3.8) is 0 Å². The summed E-state index contributed by atoms with van der Waals surface area (Å²) in [6.45, 7) is 5.81. The van der Waals surface area contributed by atoms with Crippen molar-refractivity contribution in [3.05, 3.63) is 16.1 Å². The van der Waals surface area contributed by atoms with Gasteiger partial charge in [0.25, 0.3) is 0 Å². The maximum absolute atomic E-state index is 11.4. The van der Waals surface area contributed by atoms with Crippen molar-refractivity contribution >= 4 is 17.1 Å². The number of aromatic nitrogens is 1. The Kier molecular flexibility index (Phi) is 3.57. The molecule has 0 radical (unpaired) electrons. The Morgan fingerprint density at radius 2 is 2.38 bits per heavy atom. The molecule has 4 heteroatoms. The minimum atomic E-state index is -0.0435. The van der Waals surface area contributed by atoms with Crippen LogP contribution in [0.1, 0.15) is 29.3 Å². The van der Waals surface area contributed by atoms with E-state index in [2.05, 4.69) is 4.98 Å². The lowest BCUT2D eigenvalue weighted by Gasteiger charge is -2.04. The molecule has 0 aliphatic heterocycles. The van der Waals surface area contributed by atoms with Gasteiger partial charge in [-0.2, -0.15) is 0 Å². The van der Waals surface area contributed by atoms with E-state index in [1.54, 1.807) is 5.38 Å². The van der Waals surface area contributed by atoms with Gasteiger partial charge < -0.3 is 4.74 Å². The van der Waals surface area contributed by atoms with Gasteiger partial charge in [0.2, 0.25) is 5.78 Å². The molecule has 0 N–H and O–H groups in total. The zero-order chi connectivity index (χ0) is 9.84. The normalized spacial score (nSPS) is 10.8. The first-order valence-electron chi connectivity index (χ1n) is 4.16. The van der Waals surface area contributed by atoms with E-state index >= 15 is 0 Å². The van der Waals surface area contributed by atoms with Gasteiger partial charge in [0.15, 0.2) is 0 Å². The molecule has 0 spiro atoms. The summed E-state index contributed by atoms with van der Waals surface area (Å²) < 4.78 is 5.18. The molecule has 0 unspecified atom stereocenters. The maximum atomic E-state index is 11.4. The number of ether oxygens (including phenoxy) is 1. The number of carbonyl (C=O) groups excluding carboxylic acids is 1. The fourth-order valence-corrected chi connectivity index (χ4v) is 1.43. The number of hydrogen-bond donors (Lipinski definition) is 0. The number of aryl methyl sites for hydroxylation is 1. The van der Waals surface area contributed by atoms with E-state index in [0.717, 1.165) is 5.01 Å². The zero-order valence-corrected chi connectivity index (χ0v) is 8.85. The second kappa shape index (κ2) is 4.48. The lowest BCUT2D eigenvalue weighted by Crippen LogP contribution is -2.13. The van der Waals surface area contributed by atoms with Crippen molar-refractivity contribution in [3.8, 4) is 0 Å². The summed E-state index contributed by atoms with van der Waals surface area (Å²) in [7, 11) is 0. The van der Waals surface area contributed by atoms with Gasteiger partial charge in [-0.3, -0.25) is 4.79 Å². The third-order valence-electron chi connectivity index (χ3n) is 1.45. The Balaban J connectivity index is 2.49. The zero-order valence-electron chi connectivity index (χ0n) is 8.03. The van der Waals surface area contributed by atoms with Crippen molar-refractivity contribution in [2.45, 2.75) is 26.9 Å². The first kappa shape index (κ1) is 10.3. The van der Waals surface area contributed by atoms with Crippen LogP contribution in [-0.2, 0) is 4.74 Å². The van der Waals surface area contributed by atoms with E-state index in [9.17, 15) is 4.79 Å². The third kappa shape index (κ3) is 3.24. The monoisotopic (exact) mass is 199 g/mol. The molecule has 13 heavy (non-hydrogen) atoms. The van der Waals surface area contributed by atoms with Crippen LogP contribution in [-0.4, -0.2) is 23.5 Å². The van der Waals surface area contributed by atoms with Gasteiger partial charge in [0.05, 0.1) is 11.1 Å². The topological polar surface area (TPSA) is 39.2 Å². The molecule has 0 aliphatic carbocycles. The standard InChI is InChI=1S/C9H13NO2S/c1-6(2)12-4-9(11)8-5-13-7(3)10-8/h5-6H,4H2,1-3H3. The Morgan fingerprint density at radius 3 is 2.85 bits per heavy atom. The quantitative estimate of drug-likeness (QED) is 0.697. The van der Waals surface area contributed by atoms with E-state index in [4.69, 9.17) is 4.74 Å². The molecule has 0 fully saturated rings.